The van der Waals surface area contributed by atoms with Gasteiger partial charge >= 0.3 is 0 Å². The molecule has 0 unspecified atom stereocenters. The number of anilines is 1. The van der Waals surface area contributed by atoms with Crippen LogP contribution in [0, 0.1) is 5.82 Å². The maximum Gasteiger partial charge on any atom is 0.238 e. The van der Waals surface area contributed by atoms with Crippen LogP contribution in [-0.4, -0.2) is 41.7 Å². The van der Waals surface area contributed by atoms with Gasteiger partial charge in [0.2, 0.25) is 5.91 Å². The third-order valence-corrected chi connectivity index (χ3v) is 3.98. The highest BCUT2D eigenvalue weighted by Gasteiger charge is 2.26. The summed E-state index contributed by atoms with van der Waals surface area (Å²) in [6.07, 6.45) is 3.97. The van der Waals surface area contributed by atoms with E-state index in [1.54, 1.807) is 0 Å². The second kappa shape index (κ2) is 7.73. The molecule has 1 aromatic carbocycles. The molecule has 1 aromatic rings. The van der Waals surface area contributed by atoms with Crippen LogP contribution in [0.3, 0.4) is 0 Å². The summed E-state index contributed by atoms with van der Waals surface area (Å²) in [6.45, 7) is 1.00. The molecule has 0 aliphatic heterocycles. The predicted molar refractivity (Wildman–Crippen MR) is 81.0 cm³/mol. The van der Waals surface area contributed by atoms with E-state index in [1.165, 1.54) is 24.6 Å². The molecule has 1 aliphatic carbocycles. The Hall–Kier alpha value is -1.17. The molecule has 0 radical (unpaired) electrons. The number of carbonyl (C=O) groups is 1. The molecule has 0 bridgehead atoms. The van der Waals surface area contributed by atoms with Gasteiger partial charge in [-0.25, -0.2) is 4.39 Å². The minimum absolute atomic E-state index is 0.108. The van der Waals surface area contributed by atoms with E-state index in [0.717, 1.165) is 12.8 Å². The molecule has 0 aromatic heterocycles. The van der Waals surface area contributed by atoms with E-state index < -0.39 is 5.82 Å². The lowest BCUT2D eigenvalue weighted by molar-refractivity contribution is -0.118. The van der Waals surface area contributed by atoms with Crippen molar-refractivity contribution in [2.45, 2.75) is 31.7 Å². The zero-order valence-corrected chi connectivity index (χ0v) is 12.6. The Morgan fingerprint density at radius 3 is 2.81 bits per heavy atom. The summed E-state index contributed by atoms with van der Waals surface area (Å²) in [5.41, 5.74) is 0.139. The molecule has 0 saturated heterocycles. The maximum atomic E-state index is 13.6. The number of amides is 1. The zero-order valence-electron chi connectivity index (χ0n) is 11.8. The van der Waals surface area contributed by atoms with Crippen LogP contribution in [-0.2, 0) is 4.79 Å². The Kier molecular flexibility index (Phi) is 5.96. The van der Waals surface area contributed by atoms with Gasteiger partial charge in [0.25, 0.3) is 0 Å². The predicted octanol–water partition coefficient (Wildman–Crippen LogP) is 2.65. The molecule has 0 atom stereocenters. The minimum atomic E-state index is -0.540. The van der Waals surface area contributed by atoms with Crippen LogP contribution in [0.15, 0.2) is 18.2 Å². The molecule has 4 nitrogen and oxygen atoms in total. The van der Waals surface area contributed by atoms with Gasteiger partial charge < -0.3 is 10.4 Å². The van der Waals surface area contributed by atoms with Crippen molar-refractivity contribution in [3.8, 4) is 0 Å². The third kappa shape index (κ3) is 4.66. The van der Waals surface area contributed by atoms with Gasteiger partial charge in [-0.2, -0.15) is 0 Å². The van der Waals surface area contributed by atoms with Crippen molar-refractivity contribution in [2.24, 2.45) is 0 Å². The highest BCUT2D eigenvalue weighted by molar-refractivity contribution is 6.30. The van der Waals surface area contributed by atoms with Crippen molar-refractivity contribution in [1.29, 1.82) is 0 Å². The fraction of sp³-hybridized carbons (Fsp3) is 0.533. The Bertz CT molecular complexity index is 495. The van der Waals surface area contributed by atoms with E-state index in [4.69, 9.17) is 16.7 Å². The molecule has 2 rings (SSSR count). The van der Waals surface area contributed by atoms with Gasteiger partial charge in [0, 0.05) is 24.2 Å². The van der Waals surface area contributed by atoms with Crippen LogP contribution in [0.2, 0.25) is 5.02 Å². The molecule has 1 fully saturated rings. The normalized spacial score (nSPS) is 15.0. The lowest BCUT2D eigenvalue weighted by Crippen LogP contribution is -2.45. The summed E-state index contributed by atoms with van der Waals surface area (Å²) in [7, 11) is 0. The summed E-state index contributed by atoms with van der Waals surface area (Å²) in [6, 6.07) is 4.57. The lowest BCUT2D eigenvalue weighted by atomic mass is 9.91. The SMILES string of the molecule is O=C(CN(CCCO)C1CCC1)Nc1ccc(Cl)cc1F. The largest absolute Gasteiger partial charge is 0.396 e. The molecule has 1 amide bonds. The van der Waals surface area contributed by atoms with E-state index >= 15 is 0 Å². The van der Waals surface area contributed by atoms with Gasteiger partial charge in [0.05, 0.1) is 12.2 Å². The monoisotopic (exact) mass is 314 g/mol. The first-order chi connectivity index (χ1) is 10.1. The summed E-state index contributed by atoms with van der Waals surface area (Å²) in [5.74, 6) is -0.789. The van der Waals surface area contributed by atoms with Crippen molar-refractivity contribution in [3.05, 3.63) is 29.0 Å². The number of nitrogens with one attached hydrogen (secondary N) is 1. The van der Waals surface area contributed by atoms with Gasteiger partial charge in [-0.3, -0.25) is 9.69 Å². The topological polar surface area (TPSA) is 52.6 Å². The van der Waals surface area contributed by atoms with Crippen LogP contribution in [0.1, 0.15) is 25.7 Å². The van der Waals surface area contributed by atoms with Crippen LogP contribution >= 0.6 is 11.6 Å². The molecule has 2 N–H and O–H groups in total. The highest BCUT2D eigenvalue weighted by Crippen LogP contribution is 2.25. The number of aliphatic hydroxyl groups is 1. The first-order valence-electron chi connectivity index (χ1n) is 7.20. The quantitative estimate of drug-likeness (QED) is 0.813. The van der Waals surface area contributed by atoms with Crippen molar-refractivity contribution in [1.82, 2.24) is 4.90 Å². The van der Waals surface area contributed by atoms with Crippen molar-refractivity contribution in [3.63, 3.8) is 0 Å². The second-order valence-corrected chi connectivity index (χ2v) is 5.74. The summed E-state index contributed by atoms with van der Waals surface area (Å²) >= 11 is 5.68. The molecule has 21 heavy (non-hydrogen) atoms. The maximum absolute atomic E-state index is 13.6. The summed E-state index contributed by atoms with van der Waals surface area (Å²) in [4.78, 5) is 14.1. The standard InChI is InChI=1S/C15H20ClFN2O2/c16-11-5-6-14(13(17)9-11)18-15(21)10-19(7-2-8-20)12-3-1-4-12/h5-6,9,12,20H,1-4,7-8,10H2,(H,18,21). The van der Waals surface area contributed by atoms with Gasteiger partial charge in [-0.15, -0.1) is 0 Å². The fourth-order valence-corrected chi connectivity index (χ4v) is 2.54. The Morgan fingerprint density at radius 1 is 1.48 bits per heavy atom. The van der Waals surface area contributed by atoms with E-state index in [1.807, 2.05) is 0 Å². The van der Waals surface area contributed by atoms with Gasteiger partial charge in [-0.1, -0.05) is 18.0 Å². The van der Waals surface area contributed by atoms with Crippen LogP contribution in [0.4, 0.5) is 10.1 Å². The number of aliphatic hydroxyl groups excluding tert-OH is 1. The minimum Gasteiger partial charge on any atom is -0.396 e. The molecular formula is C15H20ClFN2O2. The number of hydrogen-bond donors (Lipinski definition) is 2. The molecule has 6 heteroatoms. The Balaban J connectivity index is 1.91. The lowest BCUT2D eigenvalue weighted by Gasteiger charge is -2.37. The second-order valence-electron chi connectivity index (χ2n) is 5.30. The van der Waals surface area contributed by atoms with E-state index in [-0.39, 0.29) is 24.7 Å². The number of rotatable bonds is 7. The molecule has 1 saturated carbocycles. The summed E-state index contributed by atoms with van der Waals surface area (Å²) in [5, 5.41) is 11.8. The first kappa shape index (κ1) is 16.2. The van der Waals surface area contributed by atoms with Crippen molar-refractivity contribution >= 4 is 23.2 Å². The Labute approximate surface area is 128 Å². The number of hydrogen-bond acceptors (Lipinski definition) is 3. The first-order valence-corrected chi connectivity index (χ1v) is 7.58. The molecule has 1 aliphatic rings. The number of carbonyl (C=O) groups excluding carboxylic acids is 1. The van der Waals surface area contributed by atoms with E-state index in [9.17, 15) is 9.18 Å². The van der Waals surface area contributed by atoms with Crippen LogP contribution in [0.5, 0.6) is 0 Å². The van der Waals surface area contributed by atoms with Crippen molar-refractivity contribution < 1.29 is 14.3 Å². The average molecular weight is 315 g/mol. The highest BCUT2D eigenvalue weighted by atomic mass is 35.5. The van der Waals surface area contributed by atoms with Gasteiger partial charge in [0.15, 0.2) is 0 Å². The van der Waals surface area contributed by atoms with Crippen LogP contribution in [0.25, 0.3) is 0 Å². The van der Waals surface area contributed by atoms with E-state index in [2.05, 4.69) is 10.2 Å². The fourth-order valence-electron chi connectivity index (χ4n) is 2.38. The average Bonchev–Trinajstić information content (AvgIpc) is 2.37. The number of benzene rings is 1. The van der Waals surface area contributed by atoms with Crippen molar-refractivity contribution in [2.75, 3.05) is 25.0 Å². The number of nitrogens with zero attached hydrogens (tertiary/aromatic N) is 1. The molecule has 0 heterocycles. The zero-order chi connectivity index (χ0) is 15.2. The van der Waals surface area contributed by atoms with Gasteiger partial charge in [0.1, 0.15) is 5.82 Å². The van der Waals surface area contributed by atoms with Gasteiger partial charge in [-0.05, 0) is 37.5 Å². The van der Waals surface area contributed by atoms with E-state index in [0.29, 0.717) is 24.0 Å². The summed E-state index contributed by atoms with van der Waals surface area (Å²) < 4.78 is 13.6. The smallest absolute Gasteiger partial charge is 0.238 e. The third-order valence-electron chi connectivity index (χ3n) is 3.75. The van der Waals surface area contributed by atoms with Crippen LogP contribution < -0.4 is 5.32 Å². The molecular weight excluding hydrogens is 295 g/mol. The number of halogens is 2. The molecule has 116 valence electrons. The molecule has 0 spiro atoms. The Morgan fingerprint density at radius 2 is 2.24 bits per heavy atom.